The van der Waals surface area contributed by atoms with Gasteiger partial charge in [0.25, 0.3) is 6.02 Å². The van der Waals surface area contributed by atoms with E-state index in [2.05, 4.69) is 9.73 Å². The van der Waals surface area contributed by atoms with Gasteiger partial charge in [-0.25, -0.2) is 13.8 Å². The molecule has 1 aromatic carbocycles. The van der Waals surface area contributed by atoms with Gasteiger partial charge in [0.1, 0.15) is 18.0 Å². The molecule has 1 aliphatic heterocycles. The van der Waals surface area contributed by atoms with Crippen LogP contribution in [-0.4, -0.2) is 30.8 Å². The summed E-state index contributed by atoms with van der Waals surface area (Å²) >= 11 is 0. The van der Waals surface area contributed by atoms with Gasteiger partial charge in [0, 0.05) is 24.0 Å². The molecule has 1 aromatic rings. The number of ketones is 1. The summed E-state index contributed by atoms with van der Waals surface area (Å²) < 4.78 is 71.8. The molecule has 0 spiro atoms. The predicted octanol–water partition coefficient (Wildman–Crippen LogP) is 3.89. The van der Waals surface area contributed by atoms with Crippen LogP contribution < -0.4 is 5.73 Å². The number of Topliss-reactive ketones (excluding diaryl/α,β-unsaturated/α-hetero) is 1. The number of carbonyl (C=O) groups is 1. The summed E-state index contributed by atoms with van der Waals surface area (Å²) in [6, 6.07) is 2.30. The summed E-state index contributed by atoms with van der Waals surface area (Å²) in [6.07, 6.45) is -8.08. The molecular formula is C17H19F5N2O2. The van der Waals surface area contributed by atoms with Crippen LogP contribution in [0, 0.1) is 11.7 Å². The summed E-state index contributed by atoms with van der Waals surface area (Å²) in [5, 5.41) is 0. The van der Waals surface area contributed by atoms with Crippen molar-refractivity contribution in [1.29, 1.82) is 0 Å². The zero-order chi connectivity index (χ0) is 19.7. The van der Waals surface area contributed by atoms with Crippen molar-refractivity contribution < 1.29 is 31.5 Å². The summed E-state index contributed by atoms with van der Waals surface area (Å²) in [6.45, 7) is 2.19. The fraction of sp³-hybridized carbons (Fsp3) is 0.529. The molecule has 0 fully saturated rings. The van der Waals surface area contributed by atoms with Crippen LogP contribution in [0.15, 0.2) is 23.2 Å². The van der Waals surface area contributed by atoms with Crippen LogP contribution in [-0.2, 0) is 10.3 Å². The van der Waals surface area contributed by atoms with Crippen molar-refractivity contribution in [2.24, 2.45) is 16.6 Å². The molecule has 0 aromatic heterocycles. The van der Waals surface area contributed by atoms with E-state index in [1.54, 1.807) is 0 Å². The van der Waals surface area contributed by atoms with Crippen molar-refractivity contribution in [3.63, 3.8) is 0 Å². The topological polar surface area (TPSA) is 64.7 Å². The molecule has 0 amide bonds. The molecule has 0 bridgehead atoms. The van der Waals surface area contributed by atoms with Gasteiger partial charge in [0.15, 0.2) is 11.9 Å². The Bertz CT molecular complexity index is 718. The lowest BCUT2D eigenvalue weighted by atomic mass is 9.83. The van der Waals surface area contributed by atoms with Gasteiger partial charge in [-0.1, -0.05) is 13.8 Å². The average Bonchev–Trinajstić information content (AvgIpc) is 2.53. The summed E-state index contributed by atoms with van der Waals surface area (Å²) in [7, 11) is 0. The lowest BCUT2D eigenvalue weighted by molar-refractivity contribution is -0.209. The Balaban J connectivity index is 2.52. The molecule has 2 unspecified atom stereocenters. The number of alkyl halides is 4. The molecule has 0 aliphatic carbocycles. The lowest BCUT2D eigenvalue weighted by Crippen LogP contribution is -2.48. The first kappa shape index (κ1) is 20.1. The van der Waals surface area contributed by atoms with Gasteiger partial charge in [0.05, 0.1) is 0 Å². The third-order valence-electron chi connectivity index (χ3n) is 4.08. The van der Waals surface area contributed by atoms with Gasteiger partial charge in [-0.15, -0.1) is 0 Å². The quantitative estimate of drug-likeness (QED) is 0.625. The normalized spacial score (nSPS) is 23.5. The molecular weight excluding hydrogens is 359 g/mol. The maximum Gasteiger partial charge on any atom is 0.425 e. The first-order chi connectivity index (χ1) is 12.0. The van der Waals surface area contributed by atoms with Gasteiger partial charge >= 0.3 is 6.18 Å². The van der Waals surface area contributed by atoms with E-state index in [0.717, 1.165) is 12.1 Å². The molecule has 9 heteroatoms. The molecule has 0 saturated carbocycles. The predicted molar refractivity (Wildman–Crippen MR) is 85.0 cm³/mol. The summed E-state index contributed by atoms with van der Waals surface area (Å²) in [5.41, 5.74) is 2.71. The third-order valence-corrected chi connectivity index (χ3v) is 4.08. The largest absolute Gasteiger partial charge is 0.452 e. The molecule has 4 nitrogen and oxygen atoms in total. The van der Waals surface area contributed by atoms with E-state index < -0.39 is 48.3 Å². The Hall–Kier alpha value is -2.19. The highest BCUT2D eigenvalue weighted by atomic mass is 19.4. The number of benzene rings is 1. The van der Waals surface area contributed by atoms with Crippen molar-refractivity contribution in [2.45, 2.75) is 44.5 Å². The number of rotatable bonds is 5. The van der Waals surface area contributed by atoms with Gasteiger partial charge in [0.2, 0.25) is 0 Å². The number of ether oxygens (including phenoxy) is 1. The molecule has 144 valence electrons. The van der Waals surface area contributed by atoms with Crippen molar-refractivity contribution >= 4 is 11.8 Å². The van der Waals surface area contributed by atoms with Crippen LogP contribution in [0.2, 0.25) is 0 Å². The average molecular weight is 378 g/mol. The number of hydrogen-bond acceptors (Lipinski definition) is 4. The number of nitrogens with zero attached hydrogens (tertiary/aromatic N) is 1. The minimum absolute atomic E-state index is 0.0255. The lowest BCUT2D eigenvalue weighted by Gasteiger charge is -2.36. The standard InChI is InChI=1S/C17H19F5N2O2/c1-9(2)5-13(25)10-3-4-12(19)11(6-10)16(8-18)7-14(17(20,21)22)26-15(23)24-16/h3-4,6,9,14H,5,7-8H2,1-2H3,(H2,23,24). The van der Waals surface area contributed by atoms with E-state index >= 15 is 0 Å². The zero-order valence-corrected chi connectivity index (χ0v) is 14.2. The minimum Gasteiger partial charge on any atom is -0.452 e. The first-order valence-corrected chi connectivity index (χ1v) is 7.96. The van der Waals surface area contributed by atoms with E-state index in [4.69, 9.17) is 5.73 Å². The van der Waals surface area contributed by atoms with E-state index in [9.17, 15) is 26.7 Å². The Kier molecular flexibility index (Phi) is 5.58. The monoisotopic (exact) mass is 378 g/mol. The number of carbonyl (C=O) groups excluding carboxylic acids is 1. The van der Waals surface area contributed by atoms with Gasteiger partial charge in [-0.3, -0.25) is 4.79 Å². The Labute approximate surface area is 147 Å². The highest BCUT2D eigenvalue weighted by Crippen LogP contribution is 2.41. The third kappa shape index (κ3) is 4.13. The maximum absolute atomic E-state index is 14.4. The van der Waals surface area contributed by atoms with Crippen LogP contribution in [0.4, 0.5) is 22.0 Å². The van der Waals surface area contributed by atoms with E-state index in [0.29, 0.717) is 0 Å². The van der Waals surface area contributed by atoms with Crippen LogP contribution in [0.5, 0.6) is 0 Å². The second kappa shape index (κ2) is 7.20. The van der Waals surface area contributed by atoms with E-state index in [1.165, 1.54) is 6.07 Å². The van der Waals surface area contributed by atoms with E-state index in [1.807, 2.05) is 13.8 Å². The van der Waals surface area contributed by atoms with Gasteiger partial charge in [-0.2, -0.15) is 13.2 Å². The van der Waals surface area contributed by atoms with Crippen LogP contribution in [0.1, 0.15) is 42.6 Å². The number of hydrogen-bond donors (Lipinski definition) is 1. The molecule has 1 heterocycles. The van der Waals surface area contributed by atoms with Crippen LogP contribution in [0.3, 0.4) is 0 Å². The molecule has 2 rings (SSSR count). The van der Waals surface area contributed by atoms with Crippen molar-refractivity contribution in [2.75, 3.05) is 6.67 Å². The fourth-order valence-electron chi connectivity index (χ4n) is 2.83. The van der Waals surface area contributed by atoms with Crippen molar-refractivity contribution in [1.82, 2.24) is 0 Å². The first-order valence-electron chi connectivity index (χ1n) is 7.96. The van der Waals surface area contributed by atoms with Gasteiger partial charge in [-0.05, 0) is 24.1 Å². The maximum atomic E-state index is 14.4. The molecule has 2 N–H and O–H groups in total. The number of halogens is 5. The molecule has 0 radical (unpaired) electrons. The number of amidine groups is 1. The highest BCUT2D eigenvalue weighted by Gasteiger charge is 2.52. The fourth-order valence-corrected chi connectivity index (χ4v) is 2.83. The van der Waals surface area contributed by atoms with Gasteiger partial charge < -0.3 is 10.5 Å². The number of nitrogens with two attached hydrogens (primary N) is 1. The molecule has 2 atom stereocenters. The molecule has 0 saturated heterocycles. The molecule has 1 aliphatic rings. The van der Waals surface area contributed by atoms with E-state index in [-0.39, 0.29) is 23.7 Å². The Morgan fingerprint density at radius 2 is 2.08 bits per heavy atom. The van der Waals surface area contributed by atoms with Crippen molar-refractivity contribution in [3.8, 4) is 0 Å². The second-order valence-electron chi connectivity index (χ2n) is 6.68. The Morgan fingerprint density at radius 3 is 2.62 bits per heavy atom. The minimum atomic E-state index is -4.83. The van der Waals surface area contributed by atoms with Crippen molar-refractivity contribution in [3.05, 3.63) is 35.1 Å². The summed E-state index contributed by atoms with van der Waals surface area (Å²) in [4.78, 5) is 15.8. The Morgan fingerprint density at radius 1 is 1.42 bits per heavy atom. The highest BCUT2D eigenvalue weighted by molar-refractivity contribution is 5.96. The second-order valence-corrected chi connectivity index (χ2v) is 6.68. The molecule has 26 heavy (non-hydrogen) atoms. The van der Waals surface area contributed by atoms with Crippen LogP contribution in [0.25, 0.3) is 0 Å². The zero-order valence-electron chi connectivity index (χ0n) is 14.2. The van der Waals surface area contributed by atoms with Crippen LogP contribution >= 0.6 is 0 Å². The summed E-state index contributed by atoms with van der Waals surface area (Å²) in [5.74, 6) is -1.27. The smallest absolute Gasteiger partial charge is 0.425 e. The SMILES string of the molecule is CC(C)CC(=O)c1ccc(F)c(C2(CF)CC(C(F)(F)F)OC(N)=N2)c1. The number of aliphatic imine (C=N–C) groups is 1.